The number of unbranched alkanes of at least 4 members (excludes halogenated alkanes) is 15. The number of carbonyl (C=O) groups is 1. The largest absolute Gasteiger partial charge is 0.756 e. The summed E-state index contributed by atoms with van der Waals surface area (Å²) in [5, 5.41) is 0. The zero-order valence-corrected chi connectivity index (χ0v) is 34.4. The van der Waals surface area contributed by atoms with Crippen molar-refractivity contribution in [3.8, 4) is 0 Å². The van der Waals surface area contributed by atoms with Crippen molar-refractivity contribution in [1.82, 2.24) is 0 Å². The van der Waals surface area contributed by atoms with Crippen molar-refractivity contribution in [3.63, 3.8) is 0 Å². The van der Waals surface area contributed by atoms with Gasteiger partial charge in [0.25, 0.3) is 7.82 Å². The van der Waals surface area contributed by atoms with E-state index in [1.54, 1.807) is 0 Å². The Bertz CT molecular complexity index is 957. The maximum Gasteiger partial charge on any atom is 0.306 e. The monoisotopic (exact) mass is 740 g/mol. The summed E-state index contributed by atoms with van der Waals surface area (Å²) in [4.78, 5) is 24.9. The number of nitrogens with zero attached hydrogens (tertiary/aromatic N) is 1. The van der Waals surface area contributed by atoms with Crippen molar-refractivity contribution in [3.05, 3.63) is 48.6 Å². The summed E-state index contributed by atoms with van der Waals surface area (Å²) in [6.07, 6.45) is 41.2. The predicted molar refractivity (Wildman–Crippen MR) is 213 cm³/mol. The van der Waals surface area contributed by atoms with Crippen LogP contribution in [0.4, 0.5) is 0 Å². The molecule has 0 saturated carbocycles. The zero-order valence-electron chi connectivity index (χ0n) is 33.5. The maximum absolute atomic E-state index is 12.6. The van der Waals surface area contributed by atoms with Crippen LogP contribution in [0.25, 0.3) is 0 Å². The number of carbonyl (C=O) groups excluding carboxylic acids is 1. The molecule has 0 bridgehead atoms. The van der Waals surface area contributed by atoms with Gasteiger partial charge in [-0.25, -0.2) is 0 Å². The lowest BCUT2D eigenvalue weighted by Crippen LogP contribution is -2.37. The fraction of sp³-hybridized carbons (Fsp3) is 0.786. The fourth-order valence-corrected chi connectivity index (χ4v) is 5.91. The van der Waals surface area contributed by atoms with Crippen LogP contribution in [0.15, 0.2) is 48.6 Å². The molecule has 0 saturated heterocycles. The number of rotatable bonds is 37. The molecule has 0 heterocycles. The number of allylic oxidation sites excluding steroid dienone is 8. The molecule has 51 heavy (non-hydrogen) atoms. The Morgan fingerprint density at radius 3 is 1.61 bits per heavy atom. The molecule has 0 amide bonds. The molecule has 2 atom stereocenters. The summed E-state index contributed by atoms with van der Waals surface area (Å²) in [5.74, 6) is -0.389. The normalized spacial score (nSPS) is 14.4. The lowest BCUT2D eigenvalue weighted by Gasteiger charge is -2.28. The van der Waals surface area contributed by atoms with Gasteiger partial charge in [0.15, 0.2) is 0 Å². The third-order valence-electron chi connectivity index (χ3n) is 8.38. The molecule has 0 spiro atoms. The first-order valence-corrected chi connectivity index (χ1v) is 21.8. The van der Waals surface area contributed by atoms with Gasteiger partial charge in [0.1, 0.15) is 19.3 Å². The van der Waals surface area contributed by atoms with Crippen LogP contribution in [-0.4, -0.2) is 70.7 Å². The highest BCUT2D eigenvalue weighted by Crippen LogP contribution is 2.38. The Balaban J connectivity index is 4.39. The summed E-state index contributed by atoms with van der Waals surface area (Å²) >= 11 is 0. The van der Waals surface area contributed by atoms with E-state index in [0.29, 0.717) is 24.1 Å². The third kappa shape index (κ3) is 39.5. The molecule has 0 N–H and O–H groups in total. The molecule has 9 heteroatoms. The third-order valence-corrected chi connectivity index (χ3v) is 9.35. The van der Waals surface area contributed by atoms with Gasteiger partial charge in [0.2, 0.25) is 0 Å². The molecular formula is C42H78NO7P. The van der Waals surface area contributed by atoms with Gasteiger partial charge in [-0.3, -0.25) is 9.36 Å². The summed E-state index contributed by atoms with van der Waals surface area (Å²) in [6.45, 7) is 5.30. The summed E-state index contributed by atoms with van der Waals surface area (Å²) in [6, 6.07) is 0. The molecule has 298 valence electrons. The summed E-state index contributed by atoms with van der Waals surface area (Å²) in [7, 11) is 1.32. The van der Waals surface area contributed by atoms with E-state index in [0.717, 1.165) is 38.5 Å². The van der Waals surface area contributed by atoms with Crippen molar-refractivity contribution in [2.75, 3.05) is 54.1 Å². The molecule has 0 radical (unpaired) electrons. The van der Waals surface area contributed by atoms with E-state index in [-0.39, 0.29) is 32.2 Å². The van der Waals surface area contributed by atoms with Crippen LogP contribution in [0, 0.1) is 0 Å². The van der Waals surface area contributed by atoms with E-state index in [1.807, 2.05) is 21.1 Å². The van der Waals surface area contributed by atoms with Crippen molar-refractivity contribution in [1.29, 1.82) is 0 Å². The topological polar surface area (TPSA) is 94.1 Å². The number of esters is 1. The first-order valence-electron chi connectivity index (χ1n) is 20.4. The number of ether oxygens (including phenoxy) is 2. The van der Waals surface area contributed by atoms with Crippen molar-refractivity contribution in [2.45, 2.75) is 161 Å². The average Bonchev–Trinajstić information content (AvgIpc) is 3.08. The second-order valence-electron chi connectivity index (χ2n) is 14.6. The Hall–Kier alpha value is -1.54. The van der Waals surface area contributed by atoms with Crippen molar-refractivity contribution >= 4 is 13.8 Å². The highest BCUT2D eigenvalue weighted by Gasteiger charge is 2.20. The lowest BCUT2D eigenvalue weighted by molar-refractivity contribution is -0.870. The molecule has 0 aromatic carbocycles. The molecule has 0 aliphatic rings. The van der Waals surface area contributed by atoms with Crippen LogP contribution in [0.2, 0.25) is 0 Å². The van der Waals surface area contributed by atoms with Crippen LogP contribution in [0.1, 0.15) is 155 Å². The molecule has 0 rings (SSSR count). The van der Waals surface area contributed by atoms with Gasteiger partial charge < -0.3 is 27.9 Å². The Labute approximate surface area is 314 Å². The number of phosphoric ester groups is 1. The highest BCUT2D eigenvalue weighted by molar-refractivity contribution is 7.45. The Kier molecular flexibility index (Phi) is 34.4. The van der Waals surface area contributed by atoms with E-state index < -0.39 is 13.9 Å². The second-order valence-corrected chi connectivity index (χ2v) is 16.1. The van der Waals surface area contributed by atoms with Crippen LogP contribution in [0.3, 0.4) is 0 Å². The number of likely N-dealkylation sites (N-methyl/N-ethyl adjacent to an activating group) is 1. The maximum atomic E-state index is 12.6. The molecule has 0 aromatic heterocycles. The van der Waals surface area contributed by atoms with E-state index >= 15 is 0 Å². The van der Waals surface area contributed by atoms with Gasteiger partial charge in [0.05, 0.1) is 34.4 Å². The minimum atomic E-state index is -4.53. The van der Waals surface area contributed by atoms with Gasteiger partial charge in [-0.15, -0.1) is 0 Å². The molecule has 0 aliphatic carbocycles. The van der Waals surface area contributed by atoms with Crippen molar-refractivity contribution < 1.29 is 37.3 Å². The van der Waals surface area contributed by atoms with Gasteiger partial charge in [0, 0.05) is 13.0 Å². The van der Waals surface area contributed by atoms with E-state index in [4.69, 9.17) is 18.5 Å². The highest BCUT2D eigenvalue weighted by atomic mass is 31.2. The average molecular weight is 740 g/mol. The molecular weight excluding hydrogens is 661 g/mol. The smallest absolute Gasteiger partial charge is 0.306 e. The van der Waals surface area contributed by atoms with E-state index in [9.17, 15) is 14.3 Å². The predicted octanol–water partition coefficient (Wildman–Crippen LogP) is 11.0. The minimum absolute atomic E-state index is 0.0155. The first kappa shape index (κ1) is 49.5. The SMILES string of the molecule is CCCCC/C=C\C/C=C\C/C=C\C/C=C\CCCC(=O)O[C@H](COCCCCCCCCCCCCCC)COP(=O)([O-])OCC[N+](C)(C)C. The minimum Gasteiger partial charge on any atom is -0.756 e. The van der Waals surface area contributed by atoms with Crippen LogP contribution >= 0.6 is 7.82 Å². The molecule has 0 fully saturated rings. The van der Waals surface area contributed by atoms with E-state index in [1.165, 1.54) is 89.9 Å². The quantitative estimate of drug-likeness (QED) is 0.0206. The van der Waals surface area contributed by atoms with Crippen LogP contribution < -0.4 is 4.89 Å². The molecule has 0 aromatic rings. The summed E-state index contributed by atoms with van der Waals surface area (Å²) in [5.41, 5.74) is 0. The molecule has 8 nitrogen and oxygen atoms in total. The zero-order chi connectivity index (χ0) is 37.7. The van der Waals surface area contributed by atoms with Gasteiger partial charge in [-0.05, 0) is 51.4 Å². The Morgan fingerprint density at radius 1 is 0.608 bits per heavy atom. The summed E-state index contributed by atoms with van der Waals surface area (Å²) < 4.78 is 34.4. The van der Waals surface area contributed by atoms with Gasteiger partial charge in [-0.1, -0.05) is 146 Å². The second kappa shape index (κ2) is 35.5. The van der Waals surface area contributed by atoms with Gasteiger partial charge in [-0.2, -0.15) is 0 Å². The van der Waals surface area contributed by atoms with Crippen LogP contribution in [0.5, 0.6) is 0 Å². The number of hydrogen-bond donors (Lipinski definition) is 0. The molecule has 0 aliphatic heterocycles. The molecule has 1 unspecified atom stereocenters. The Morgan fingerprint density at radius 2 is 1.08 bits per heavy atom. The van der Waals surface area contributed by atoms with E-state index in [2.05, 4.69) is 62.5 Å². The first-order chi connectivity index (χ1) is 24.6. The standard InChI is InChI=1S/C42H78NO7P/c1-6-8-10-12-14-16-18-20-21-22-23-24-25-27-29-31-33-35-42(44)50-41(40-49-51(45,46)48-38-36-43(3,4)5)39-47-37-34-32-30-28-26-19-17-15-13-11-9-7-2/h14,16,20-21,23-24,27,29,41H,6-13,15,17-19,22,25-26,28,30-40H2,1-5H3/b16-14-,21-20-,24-23-,29-27-/t41-/m1/s1. The fourth-order valence-electron chi connectivity index (χ4n) is 5.18. The number of quaternary nitrogens is 1. The van der Waals surface area contributed by atoms with Crippen LogP contribution in [-0.2, 0) is 27.9 Å². The number of phosphoric acid groups is 1. The lowest BCUT2D eigenvalue weighted by atomic mass is 10.1. The van der Waals surface area contributed by atoms with Gasteiger partial charge >= 0.3 is 5.97 Å². The van der Waals surface area contributed by atoms with Crippen molar-refractivity contribution in [2.24, 2.45) is 0 Å². The number of hydrogen-bond acceptors (Lipinski definition) is 7.